The first-order valence-corrected chi connectivity index (χ1v) is 8.34. The molecule has 0 aromatic heterocycles. The van der Waals surface area contributed by atoms with Gasteiger partial charge in [-0.05, 0) is 25.0 Å². The summed E-state index contributed by atoms with van der Waals surface area (Å²) in [7, 11) is 0. The molecule has 0 saturated carbocycles. The zero-order chi connectivity index (χ0) is 17.0. The quantitative estimate of drug-likeness (QED) is 0.918. The van der Waals surface area contributed by atoms with E-state index in [0.29, 0.717) is 31.7 Å². The Labute approximate surface area is 138 Å². The van der Waals surface area contributed by atoms with Crippen molar-refractivity contribution in [3.05, 3.63) is 35.4 Å². The molecule has 1 aromatic carbocycles. The van der Waals surface area contributed by atoms with Crippen molar-refractivity contribution in [2.45, 2.75) is 33.2 Å². The third kappa shape index (κ3) is 4.10. The Balaban J connectivity index is 1.92. The van der Waals surface area contributed by atoms with Gasteiger partial charge in [-0.2, -0.15) is 0 Å². The van der Waals surface area contributed by atoms with Crippen molar-refractivity contribution < 1.29 is 9.59 Å². The number of hydrogen-bond donors (Lipinski definition) is 1. The average Bonchev–Trinajstić information content (AvgIpc) is 2.60. The Morgan fingerprint density at radius 3 is 2.13 bits per heavy atom. The maximum Gasteiger partial charge on any atom is 0.253 e. The van der Waals surface area contributed by atoms with Crippen LogP contribution in [0.3, 0.4) is 0 Å². The summed E-state index contributed by atoms with van der Waals surface area (Å²) in [5.74, 6) is 0.208. The normalized spacial score (nSPS) is 17.7. The predicted octanol–water partition coefficient (Wildman–Crippen LogP) is 1.65. The number of nitrogens with two attached hydrogens (primary N) is 1. The number of rotatable bonds is 4. The van der Waals surface area contributed by atoms with Crippen molar-refractivity contribution in [2.75, 3.05) is 26.2 Å². The second-order valence-electron chi connectivity index (χ2n) is 6.39. The van der Waals surface area contributed by atoms with E-state index in [1.807, 2.05) is 49.9 Å². The van der Waals surface area contributed by atoms with E-state index in [9.17, 15) is 9.59 Å². The molecule has 0 radical (unpaired) electrons. The molecule has 0 aliphatic carbocycles. The molecule has 1 aliphatic rings. The smallest absolute Gasteiger partial charge is 0.253 e. The van der Waals surface area contributed by atoms with Crippen LogP contribution in [0.25, 0.3) is 0 Å². The standard InChI is InChI=1S/C18H27N3O2/c1-4-14(3)16(19)18(23)21-11-9-20(10-12-21)17(22)15-7-5-13(2)6-8-15/h5-8,14,16H,4,9-12,19H2,1-3H3. The van der Waals surface area contributed by atoms with Gasteiger partial charge in [0.2, 0.25) is 5.91 Å². The average molecular weight is 317 g/mol. The van der Waals surface area contributed by atoms with Crippen LogP contribution in [0, 0.1) is 12.8 Å². The van der Waals surface area contributed by atoms with Crippen LogP contribution in [0.5, 0.6) is 0 Å². The Morgan fingerprint density at radius 2 is 1.61 bits per heavy atom. The van der Waals surface area contributed by atoms with E-state index in [1.165, 1.54) is 0 Å². The van der Waals surface area contributed by atoms with Crippen LogP contribution < -0.4 is 5.73 Å². The van der Waals surface area contributed by atoms with Gasteiger partial charge in [-0.3, -0.25) is 9.59 Å². The van der Waals surface area contributed by atoms with Gasteiger partial charge >= 0.3 is 0 Å². The Kier molecular flexibility index (Phi) is 5.77. The Hall–Kier alpha value is -1.88. The summed E-state index contributed by atoms with van der Waals surface area (Å²) < 4.78 is 0. The maximum atomic E-state index is 12.5. The van der Waals surface area contributed by atoms with Gasteiger partial charge in [-0.15, -0.1) is 0 Å². The van der Waals surface area contributed by atoms with Crippen molar-refractivity contribution in [2.24, 2.45) is 11.7 Å². The minimum absolute atomic E-state index is 0.00165. The first kappa shape index (κ1) is 17.5. The van der Waals surface area contributed by atoms with E-state index in [1.54, 1.807) is 4.90 Å². The minimum atomic E-state index is -0.445. The summed E-state index contributed by atoms with van der Waals surface area (Å²) in [6.45, 7) is 8.27. The summed E-state index contributed by atoms with van der Waals surface area (Å²) in [6, 6.07) is 7.15. The lowest BCUT2D eigenvalue weighted by molar-refractivity contribution is -0.135. The first-order valence-electron chi connectivity index (χ1n) is 8.34. The third-order valence-electron chi connectivity index (χ3n) is 4.72. The lowest BCUT2D eigenvalue weighted by Gasteiger charge is -2.36. The molecule has 2 atom stereocenters. The molecule has 126 valence electrons. The summed E-state index contributed by atoms with van der Waals surface area (Å²) in [5.41, 5.74) is 7.87. The number of carbonyl (C=O) groups is 2. The van der Waals surface area contributed by atoms with Gasteiger partial charge in [0.1, 0.15) is 0 Å². The number of carbonyl (C=O) groups excluding carboxylic acids is 2. The summed E-state index contributed by atoms with van der Waals surface area (Å²) in [6.07, 6.45) is 0.888. The molecule has 2 unspecified atom stereocenters. The number of aryl methyl sites for hydroxylation is 1. The molecule has 23 heavy (non-hydrogen) atoms. The van der Waals surface area contributed by atoms with E-state index in [4.69, 9.17) is 5.73 Å². The lowest BCUT2D eigenvalue weighted by atomic mass is 9.98. The first-order chi connectivity index (χ1) is 10.9. The van der Waals surface area contributed by atoms with E-state index < -0.39 is 6.04 Å². The van der Waals surface area contributed by atoms with Gasteiger partial charge in [-0.1, -0.05) is 38.0 Å². The van der Waals surface area contributed by atoms with Crippen molar-refractivity contribution in [1.29, 1.82) is 0 Å². The Bertz CT molecular complexity index is 548. The van der Waals surface area contributed by atoms with Crippen LogP contribution in [0.2, 0.25) is 0 Å². The fraction of sp³-hybridized carbons (Fsp3) is 0.556. The molecule has 1 aliphatic heterocycles. The van der Waals surface area contributed by atoms with Gasteiger partial charge in [0.05, 0.1) is 6.04 Å². The van der Waals surface area contributed by atoms with Crippen LogP contribution in [0.1, 0.15) is 36.2 Å². The minimum Gasteiger partial charge on any atom is -0.338 e. The zero-order valence-corrected chi connectivity index (χ0v) is 14.3. The molecule has 2 N–H and O–H groups in total. The van der Waals surface area contributed by atoms with Gasteiger partial charge < -0.3 is 15.5 Å². The second kappa shape index (κ2) is 7.59. The lowest BCUT2D eigenvalue weighted by Crippen LogP contribution is -2.55. The molecule has 2 amide bonds. The highest BCUT2D eigenvalue weighted by Gasteiger charge is 2.29. The van der Waals surface area contributed by atoms with Crippen LogP contribution >= 0.6 is 0 Å². The van der Waals surface area contributed by atoms with E-state index in [2.05, 4.69) is 0 Å². The number of hydrogen-bond acceptors (Lipinski definition) is 3. The summed E-state index contributed by atoms with van der Waals surface area (Å²) >= 11 is 0. The highest BCUT2D eigenvalue weighted by molar-refractivity contribution is 5.94. The fourth-order valence-electron chi connectivity index (χ4n) is 2.72. The molecule has 0 spiro atoms. The van der Waals surface area contributed by atoms with Crippen molar-refractivity contribution in [3.63, 3.8) is 0 Å². The van der Waals surface area contributed by atoms with Crippen molar-refractivity contribution in [1.82, 2.24) is 9.80 Å². The van der Waals surface area contributed by atoms with Crippen LogP contribution in [0.4, 0.5) is 0 Å². The molecule has 1 aromatic rings. The highest BCUT2D eigenvalue weighted by Crippen LogP contribution is 2.13. The number of nitrogens with zero attached hydrogens (tertiary/aromatic N) is 2. The topological polar surface area (TPSA) is 66.6 Å². The van der Waals surface area contributed by atoms with E-state index in [0.717, 1.165) is 12.0 Å². The van der Waals surface area contributed by atoms with Gasteiger partial charge in [0.15, 0.2) is 0 Å². The zero-order valence-electron chi connectivity index (χ0n) is 14.3. The number of amides is 2. The second-order valence-corrected chi connectivity index (χ2v) is 6.39. The van der Waals surface area contributed by atoms with E-state index >= 15 is 0 Å². The molecule has 5 heteroatoms. The van der Waals surface area contributed by atoms with Gasteiger partial charge in [0, 0.05) is 31.7 Å². The summed E-state index contributed by atoms with van der Waals surface area (Å²) in [4.78, 5) is 28.4. The molecular formula is C18H27N3O2. The molecule has 1 heterocycles. The molecule has 2 rings (SSSR count). The summed E-state index contributed by atoms with van der Waals surface area (Å²) in [5, 5.41) is 0. The maximum absolute atomic E-state index is 12.5. The van der Waals surface area contributed by atoms with E-state index in [-0.39, 0.29) is 17.7 Å². The van der Waals surface area contributed by atoms with Crippen molar-refractivity contribution in [3.8, 4) is 0 Å². The molecule has 1 fully saturated rings. The van der Waals surface area contributed by atoms with Gasteiger partial charge in [0.25, 0.3) is 5.91 Å². The number of benzene rings is 1. The van der Waals surface area contributed by atoms with Gasteiger partial charge in [-0.25, -0.2) is 0 Å². The van der Waals surface area contributed by atoms with Crippen LogP contribution in [-0.2, 0) is 4.79 Å². The van der Waals surface area contributed by atoms with Crippen LogP contribution in [-0.4, -0.2) is 53.8 Å². The van der Waals surface area contributed by atoms with Crippen molar-refractivity contribution >= 4 is 11.8 Å². The fourth-order valence-corrected chi connectivity index (χ4v) is 2.72. The molecule has 0 bridgehead atoms. The van der Waals surface area contributed by atoms with Crippen LogP contribution in [0.15, 0.2) is 24.3 Å². The molecular weight excluding hydrogens is 290 g/mol. The Morgan fingerprint density at radius 1 is 1.09 bits per heavy atom. The monoisotopic (exact) mass is 317 g/mol. The SMILES string of the molecule is CCC(C)C(N)C(=O)N1CCN(C(=O)c2ccc(C)cc2)CC1. The highest BCUT2D eigenvalue weighted by atomic mass is 16.2. The largest absolute Gasteiger partial charge is 0.338 e. The predicted molar refractivity (Wildman–Crippen MR) is 91.1 cm³/mol. The third-order valence-corrected chi connectivity index (χ3v) is 4.72. The molecule has 5 nitrogen and oxygen atoms in total. The number of piperazine rings is 1. The molecule has 1 saturated heterocycles.